The fourth-order valence-electron chi connectivity index (χ4n) is 3.13. The minimum atomic E-state index is -4.56. The van der Waals surface area contributed by atoms with E-state index in [9.17, 15) is 31.5 Å². The highest BCUT2D eigenvalue weighted by Gasteiger charge is 2.49. The van der Waals surface area contributed by atoms with E-state index in [0.29, 0.717) is 10.5 Å². The van der Waals surface area contributed by atoms with Crippen LogP contribution in [0.25, 0.3) is 0 Å². The van der Waals surface area contributed by atoms with Crippen LogP contribution in [0.2, 0.25) is 0 Å². The Morgan fingerprint density at radius 3 is 2.48 bits per heavy atom. The number of alkyl halides is 5. The lowest BCUT2D eigenvalue weighted by Crippen LogP contribution is -2.43. The number of benzene rings is 1. The van der Waals surface area contributed by atoms with Crippen molar-refractivity contribution in [1.29, 1.82) is 0 Å². The Kier molecular flexibility index (Phi) is 4.77. The molecule has 1 aliphatic heterocycles. The molecule has 1 aromatic rings. The summed E-state index contributed by atoms with van der Waals surface area (Å²) in [6.07, 6.45) is -3.86. The zero-order valence-electron chi connectivity index (χ0n) is 14.1. The van der Waals surface area contributed by atoms with Crippen LogP contribution in [-0.2, 0) is 4.79 Å². The highest BCUT2D eigenvalue weighted by Crippen LogP contribution is 2.45. The van der Waals surface area contributed by atoms with Gasteiger partial charge in [0.05, 0.1) is 6.54 Å². The number of primary amides is 1. The standard InChI is InChI=1S/C17H17F5N2O3/c18-16(19)6-12(14(23)25)24(7-16)15(26)10-3-4-11(9-1-2-9)13(5-10)27-8-17(20,21)22/h3-5,9,12H,1-2,6-8H2,(H2,23,25). The molecular formula is C17H17F5N2O3. The maximum atomic E-state index is 13.6. The van der Waals surface area contributed by atoms with Crippen LogP contribution < -0.4 is 10.5 Å². The van der Waals surface area contributed by atoms with Crippen LogP contribution in [0, 0.1) is 0 Å². The van der Waals surface area contributed by atoms with Gasteiger partial charge in [-0.05, 0) is 36.5 Å². The molecule has 2 aliphatic rings. The van der Waals surface area contributed by atoms with Gasteiger partial charge in [-0.1, -0.05) is 6.07 Å². The molecule has 27 heavy (non-hydrogen) atoms. The van der Waals surface area contributed by atoms with E-state index in [1.165, 1.54) is 12.1 Å². The highest BCUT2D eigenvalue weighted by atomic mass is 19.4. The molecule has 10 heteroatoms. The summed E-state index contributed by atoms with van der Waals surface area (Å²) in [7, 11) is 0. The zero-order chi connectivity index (χ0) is 20.0. The molecule has 2 amide bonds. The second-order valence-corrected chi connectivity index (χ2v) is 6.84. The Morgan fingerprint density at radius 2 is 1.93 bits per heavy atom. The quantitative estimate of drug-likeness (QED) is 0.784. The monoisotopic (exact) mass is 392 g/mol. The van der Waals surface area contributed by atoms with Crippen LogP contribution >= 0.6 is 0 Å². The molecule has 3 rings (SSSR count). The number of likely N-dealkylation sites (tertiary alicyclic amines) is 1. The second kappa shape index (κ2) is 6.65. The predicted octanol–water partition coefficient (Wildman–Crippen LogP) is 2.84. The maximum Gasteiger partial charge on any atom is 0.422 e. The smallest absolute Gasteiger partial charge is 0.422 e. The topological polar surface area (TPSA) is 72.6 Å². The van der Waals surface area contributed by atoms with Gasteiger partial charge in [0.15, 0.2) is 6.61 Å². The fraction of sp³-hybridized carbons (Fsp3) is 0.529. The van der Waals surface area contributed by atoms with Crippen molar-refractivity contribution in [3.8, 4) is 5.75 Å². The van der Waals surface area contributed by atoms with Gasteiger partial charge in [0, 0.05) is 12.0 Å². The van der Waals surface area contributed by atoms with E-state index >= 15 is 0 Å². The van der Waals surface area contributed by atoms with Crippen molar-refractivity contribution < 1.29 is 36.3 Å². The molecule has 0 spiro atoms. The van der Waals surface area contributed by atoms with E-state index in [0.717, 1.165) is 18.9 Å². The van der Waals surface area contributed by atoms with E-state index in [1.807, 2.05) is 0 Å². The molecule has 1 saturated heterocycles. The second-order valence-electron chi connectivity index (χ2n) is 6.84. The molecule has 1 atom stereocenters. The van der Waals surface area contributed by atoms with Crippen molar-refractivity contribution in [2.24, 2.45) is 5.73 Å². The number of ether oxygens (including phenoxy) is 1. The van der Waals surface area contributed by atoms with Crippen LogP contribution in [0.15, 0.2) is 18.2 Å². The van der Waals surface area contributed by atoms with Crippen molar-refractivity contribution in [2.75, 3.05) is 13.2 Å². The third-order valence-electron chi connectivity index (χ3n) is 4.53. The van der Waals surface area contributed by atoms with Gasteiger partial charge in [-0.25, -0.2) is 8.78 Å². The van der Waals surface area contributed by atoms with Crippen molar-refractivity contribution in [2.45, 2.75) is 43.3 Å². The normalized spacial score (nSPS) is 22.0. The number of carbonyl (C=O) groups excluding carboxylic acids is 2. The number of rotatable bonds is 5. The largest absolute Gasteiger partial charge is 0.484 e. The van der Waals surface area contributed by atoms with Crippen molar-refractivity contribution in [3.05, 3.63) is 29.3 Å². The van der Waals surface area contributed by atoms with Gasteiger partial charge in [-0.2, -0.15) is 13.2 Å². The Bertz CT molecular complexity index is 761. The summed E-state index contributed by atoms with van der Waals surface area (Å²) in [6, 6.07) is 2.43. The van der Waals surface area contributed by atoms with E-state index in [-0.39, 0.29) is 17.2 Å². The summed E-state index contributed by atoms with van der Waals surface area (Å²) in [5.74, 6) is -5.30. The molecule has 148 valence electrons. The molecule has 1 unspecified atom stereocenters. The molecule has 0 radical (unpaired) electrons. The first-order valence-corrected chi connectivity index (χ1v) is 8.28. The summed E-state index contributed by atoms with van der Waals surface area (Å²) in [5, 5.41) is 0. The van der Waals surface area contributed by atoms with E-state index in [1.54, 1.807) is 0 Å². The molecule has 1 heterocycles. The van der Waals surface area contributed by atoms with E-state index in [2.05, 4.69) is 0 Å². The first kappa shape index (κ1) is 19.4. The molecule has 1 saturated carbocycles. The number of hydrogen-bond acceptors (Lipinski definition) is 3. The number of nitrogens with two attached hydrogens (primary N) is 1. The van der Waals surface area contributed by atoms with Crippen molar-refractivity contribution in [3.63, 3.8) is 0 Å². The first-order valence-electron chi connectivity index (χ1n) is 8.28. The van der Waals surface area contributed by atoms with Crippen molar-refractivity contribution >= 4 is 11.8 Å². The third-order valence-corrected chi connectivity index (χ3v) is 4.53. The maximum absolute atomic E-state index is 13.6. The molecule has 0 aromatic heterocycles. The Balaban J connectivity index is 1.87. The van der Waals surface area contributed by atoms with E-state index in [4.69, 9.17) is 10.5 Å². The summed E-state index contributed by atoms with van der Waals surface area (Å²) >= 11 is 0. The molecule has 1 aromatic carbocycles. The molecule has 1 aliphatic carbocycles. The molecule has 0 bridgehead atoms. The predicted molar refractivity (Wildman–Crippen MR) is 83.5 cm³/mol. The summed E-state index contributed by atoms with van der Waals surface area (Å²) in [6.45, 7) is -2.52. The van der Waals surface area contributed by atoms with Gasteiger partial charge in [0.25, 0.3) is 11.8 Å². The lowest BCUT2D eigenvalue weighted by atomic mass is 10.1. The Labute approximate surface area is 151 Å². The van der Waals surface area contributed by atoms with Gasteiger partial charge in [0.1, 0.15) is 11.8 Å². The molecule has 2 fully saturated rings. The van der Waals surface area contributed by atoms with Gasteiger partial charge in [0.2, 0.25) is 5.91 Å². The number of halogens is 5. The SMILES string of the molecule is NC(=O)C1CC(F)(F)CN1C(=O)c1ccc(C2CC2)c(OCC(F)(F)F)c1. The van der Waals surface area contributed by atoms with E-state index < -0.39 is 49.5 Å². The van der Waals surface area contributed by atoms with Gasteiger partial charge >= 0.3 is 6.18 Å². The van der Waals surface area contributed by atoms with Crippen LogP contribution in [-0.4, -0.2) is 48.0 Å². The minimum absolute atomic E-state index is 0.0480. The minimum Gasteiger partial charge on any atom is -0.484 e. The Morgan fingerprint density at radius 1 is 1.26 bits per heavy atom. The summed E-state index contributed by atoms with van der Waals surface area (Å²) in [4.78, 5) is 24.7. The molecule has 2 N–H and O–H groups in total. The summed E-state index contributed by atoms with van der Waals surface area (Å²) in [5.41, 5.74) is 5.50. The van der Waals surface area contributed by atoms with Gasteiger partial charge in [-0.15, -0.1) is 0 Å². The number of nitrogens with zero attached hydrogens (tertiary/aromatic N) is 1. The number of amides is 2. The number of hydrogen-bond donors (Lipinski definition) is 1. The third kappa shape index (κ3) is 4.48. The van der Waals surface area contributed by atoms with Crippen LogP contribution in [0.4, 0.5) is 22.0 Å². The lowest BCUT2D eigenvalue weighted by Gasteiger charge is -2.22. The van der Waals surface area contributed by atoms with Crippen LogP contribution in [0.5, 0.6) is 5.75 Å². The zero-order valence-corrected chi connectivity index (χ0v) is 14.1. The average molecular weight is 392 g/mol. The first-order chi connectivity index (χ1) is 12.5. The van der Waals surface area contributed by atoms with Crippen LogP contribution in [0.3, 0.4) is 0 Å². The average Bonchev–Trinajstić information content (AvgIpc) is 3.34. The Hall–Kier alpha value is -2.39. The highest BCUT2D eigenvalue weighted by molar-refractivity contribution is 5.98. The lowest BCUT2D eigenvalue weighted by molar-refractivity contribution is -0.153. The van der Waals surface area contributed by atoms with Crippen LogP contribution in [0.1, 0.15) is 41.1 Å². The molecular weight excluding hydrogens is 375 g/mol. The fourth-order valence-corrected chi connectivity index (χ4v) is 3.13. The van der Waals surface area contributed by atoms with Gasteiger partial charge in [-0.3, -0.25) is 9.59 Å². The van der Waals surface area contributed by atoms with Gasteiger partial charge < -0.3 is 15.4 Å². The summed E-state index contributed by atoms with van der Waals surface area (Å²) < 4.78 is 69.6. The number of carbonyl (C=O) groups is 2. The molecule has 5 nitrogen and oxygen atoms in total. The van der Waals surface area contributed by atoms with Crippen molar-refractivity contribution in [1.82, 2.24) is 4.90 Å².